The molecule has 70 valence electrons. The normalized spacial score (nSPS) is 56.2. The van der Waals surface area contributed by atoms with E-state index in [9.17, 15) is 10.2 Å². The number of fused-ring (bicyclic) bond motifs is 2. The van der Waals surface area contributed by atoms with Gasteiger partial charge >= 0.3 is 0 Å². The van der Waals surface area contributed by atoms with Crippen LogP contribution in [-0.4, -0.2) is 21.9 Å². The molecule has 0 saturated heterocycles. The fourth-order valence-electron chi connectivity index (χ4n) is 2.99. The minimum absolute atomic E-state index is 0.252. The lowest BCUT2D eigenvalue weighted by Gasteiger charge is -2.63. The van der Waals surface area contributed by atoms with E-state index in [1.165, 1.54) is 0 Å². The van der Waals surface area contributed by atoms with Crippen LogP contribution in [0.4, 0.5) is 0 Å². The van der Waals surface area contributed by atoms with Crippen molar-refractivity contribution in [1.82, 2.24) is 0 Å². The Hall–Kier alpha value is -0.0800. The molecule has 0 heterocycles. The molecule has 3 fully saturated rings. The van der Waals surface area contributed by atoms with Crippen molar-refractivity contribution in [2.24, 2.45) is 17.3 Å². The van der Waals surface area contributed by atoms with E-state index in [4.69, 9.17) is 0 Å². The van der Waals surface area contributed by atoms with Crippen molar-refractivity contribution in [2.45, 2.75) is 45.3 Å². The van der Waals surface area contributed by atoms with E-state index in [0.717, 1.165) is 12.8 Å². The summed E-state index contributed by atoms with van der Waals surface area (Å²) < 4.78 is 0. The lowest BCUT2D eigenvalue weighted by molar-refractivity contribution is -0.233. The van der Waals surface area contributed by atoms with Crippen molar-refractivity contribution in [3.8, 4) is 0 Å². The smallest absolute Gasteiger partial charge is 0.0883 e. The SMILES string of the molecule is CC1(C)[C@H]2C[C@@H]1[C@H](O)[C@](C)(O)C2. The highest BCUT2D eigenvalue weighted by atomic mass is 16.3. The molecule has 0 amide bonds. The van der Waals surface area contributed by atoms with E-state index in [2.05, 4.69) is 13.8 Å². The molecule has 3 rings (SSSR count). The van der Waals surface area contributed by atoms with E-state index in [0.29, 0.717) is 11.8 Å². The van der Waals surface area contributed by atoms with Crippen LogP contribution >= 0.6 is 0 Å². The largest absolute Gasteiger partial charge is 0.390 e. The second-order valence-corrected chi connectivity index (χ2v) is 5.37. The van der Waals surface area contributed by atoms with Crippen molar-refractivity contribution in [1.29, 1.82) is 0 Å². The first-order valence-electron chi connectivity index (χ1n) is 4.76. The Morgan fingerprint density at radius 2 is 1.83 bits per heavy atom. The molecule has 0 spiro atoms. The van der Waals surface area contributed by atoms with Crippen LogP contribution in [-0.2, 0) is 0 Å². The summed E-state index contributed by atoms with van der Waals surface area (Å²) in [5.41, 5.74) is -0.579. The molecular formula is C10H18O2. The van der Waals surface area contributed by atoms with Crippen LogP contribution < -0.4 is 0 Å². The summed E-state index contributed by atoms with van der Waals surface area (Å²) in [7, 11) is 0. The van der Waals surface area contributed by atoms with E-state index in [-0.39, 0.29) is 5.41 Å². The molecule has 2 bridgehead atoms. The molecule has 0 unspecified atom stereocenters. The summed E-state index contributed by atoms with van der Waals surface area (Å²) in [5.74, 6) is 0.923. The first-order chi connectivity index (χ1) is 5.36. The summed E-state index contributed by atoms with van der Waals surface area (Å²) in [6.07, 6.45) is 1.35. The maximum atomic E-state index is 9.83. The van der Waals surface area contributed by atoms with Crippen LogP contribution in [0, 0.1) is 17.3 Å². The Bertz CT molecular complexity index is 200. The summed E-state index contributed by atoms with van der Waals surface area (Å²) in [4.78, 5) is 0. The topological polar surface area (TPSA) is 40.5 Å². The van der Waals surface area contributed by atoms with Crippen molar-refractivity contribution in [2.75, 3.05) is 0 Å². The fourth-order valence-corrected chi connectivity index (χ4v) is 2.99. The number of hydrogen-bond acceptors (Lipinski definition) is 2. The average molecular weight is 170 g/mol. The predicted molar refractivity (Wildman–Crippen MR) is 46.6 cm³/mol. The summed E-state index contributed by atoms with van der Waals surface area (Å²) in [6, 6.07) is 0. The molecule has 3 aliphatic rings. The van der Waals surface area contributed by atoms with Crippen LogP contribution in [0.1, 0.15) is 33.6 Å². The van der Waals surface area contributed by atoms with Crippen LogP contribution in [0.2, 0.25) is 0 Å². The molecule has 0 aromatic rings. The van der Waals surface area contributed by atoms with Gasteiger partial charge in [0.1, 0.15) is 0 Å². The Labute approximate surface area is 73.6 Å². The first-order valence-corrected chi connectivity index (χ1v) is 4.76. The van der Waals surface area contributed by atoms with Crippen LogP contribution in [0.25, 0.3) is 0 Å². The number of aliphatic hydroxyl groups is 2. The van der Waals surface area contributed by atoms with Crippen LogP contribution in [0.3, 0.4) is 0 Å². The standard InChI is InChI=1S/C10H18O2/c1-9(2)6-4-7(9)8(11)10(3,12)5-6/h6-8,11-12H,4-5H2,1-3H3/t6-,7+,8-,10+/m0/s1. The Balaban J connectivity index is 2.23. The van der Waals surface area contributed by atoms with E-state index < -0.39 is 11.7 Å². The Morgan fingerprint density at radius 3 is 2.17 bits per heavy atom. The number of hydrogen-bond donors (Lipinski definition) is 2. The van der Waals surface area contributed by atoms with Gasteiger partial charge in [-0.1, -0.05) is 13.8 Å². The third-order valence-electron chi connectivity index (χ3n) is 4.22. The second kappa shape index (κ2) is 2.05. The van der Waals surface area contributed by atoms with Crippen molar-refractivity contribution in [3.05, 3.63) is 0 Å². The van der Waals surface area contributed by atoms with Crippen LogP contribution in [0.5, 0.6) is 0 Å². The zero-order valence-corrected chi connectivity index (χ0v) is 8.04. The molecule has 0 aromatic heterocycles. The summed E-state index contributed by atoms with van der Waals surface area (Å²) in [6.45, 7) is 6.15. The van der Waals surface area contributed by atoms with Crippen molar-refractivity contribution >= 4 is 0 Å². The van der Waals surface area contributed by atoms with Crippen LogP contribution in [0.15, 0.2) is 0 Å². The predicted octanol–water partition coefficient (Wildman–Crippen LogP) is 1.16. The molecule has 0 aliphatic heterocycles. The zero-order valence-electron chi connectivity index (χ0n) is 8.04. The first kappa shape index (κ1) is 8.52. The van der Waals surface area contributed by atoms with Crippen molar-refractivity contribution < 1.29 is 10.2 Å². The van der Waals surface area contributed by atoms with Gasteiger partial charge in [0.05, 0.1) is 11.7 Å². The Kier molecular flexibility index (Phi) is 1.45. The van der Waals surface area contributed by atoms with Gasteiger partial charge in [0.25, 0.3) is 0 Å². The highest BCUT2D eigenvalue weighted by Gasteiger charge is 2.61. The lowest BCUT2D eigenvalue weighted by Crippen LogP contribution is -2.64. The van der Waals surface area contributed by atoms with Gasteiger partial charge in [-0.25, -0.2) is 0 Å². The molecule has 2 nitrogen and oxygen atoms in total. The van der Waals surface area contributed by atoms with E-state index in [1.54, 1.807) is 6.92 Å². The maximum Gasteiger partial charge on any atom is 0.0883 e. The quantitative estimate of drug-likeness (QED) is 0.573. The molecule has 4 atom stereocenters. The monoisotopic (exact) mass is 170 g/mol. The molecular weight excluding hydrogens is 152 g/mol. The molecule has 3 saturated carbocycles. The van der Waals surface area contributed by atoms with Crippen molar-refractivity contribution in [3.63, 3.8) is 0 Å². The zero-order chi connectivity index (χ0) is 9.15. The molecule has 12 heavy (non-hydrogen) atoms. The third kappa shape index (κ3) is 0.826. The summed E-state index contributed by atoms with van der Waals surface area (Å²) in [5, 5.41) is 19.7. The molecule has 0 aromatic carbocycles. The highest BCUT2D eigenvalue weighted by molar-refractivity contribution is 5.10. The highest BCUT2D eigenvalue weighted by Crippen LogP contribution is 2.61. The minimum atomic E-state index is -0.830. The van der Waals surface area contributed by atoms with Gasteiger partial charge in [-0.3, -0.25) is 0 Å². The Morgan fingerprint density at radius 1 is 1.25 bits per heavy atom. The third-order valence-corrected chi connectivity index (χ3v) is 4.22. The van der Waals surface area contributed by atoms with Gasteiger partial charge in [0.15, 0.2) is 0 Å². The summed E-state index contributed by atoms with van der Waals surface area (Å²) >= 11 is 0. The molecule has 3 aliphatic carbocycles. The molecule has 2 heteroatoms. The maximum absolute atomic E-state index is 9.83. The minimum Gasteiger partial charge on any atom is -0.390 e. The average Bonchev–Trinajstić information content (AvgIpc) is 1.93. The fraction of sp³-hybridized carbons (Fsp3) is 1.00. The molecule has 2 N–H and O–H groups in total. The van der Waals surface area contributed by atoms with Gasteiger partial charge in [-0.05, 0) is 37.0 Å². The lowest BCUT2D eigenvalue weighted by atomic mass is 9.45. The van der Waals surface area contributed by atoms with E-state index >= 15 is 0 Å². The van der Waals surface area contributed by atoms with E-state index in [1.807, 2.05) is 0 Å². The number of rotatable bonds is 0. The second-order valence-electron chi connectivity index (χ2n) is 5.37. The molecule has 0 radical (unpaired) electrons. The van der Waals surface area contributed by atoms with Gasteiger partial charge in [0.2, 0.25) is 0 Å². The van der Waals surface area contributed by atoms with Gasteiger partial charge in [-0.15, -0.1) is 0 Å². The van der Waals surface area contributed by atoms with Gasteiger partial charge < -0.3 is 10.2 Å². The van der Waals surface area contributed by atoms with Gasteiger partial charge in [0, 0.05) is 0 Å². The number of aliphatic hydroxyl groups excluding tert-OH is 1. The van der Waals surface area contributed by atoms with Gasteiger partial charge in [-0.2, -0.15) is 0 Å².